The van der Waals surface area contributed by atoms with Crippen LogP contribution in [-0.4, -0.2) is 41.4 Å². The molecular weight excluding hydrogens is 166 g/mol. The lowest BCUT2D eigenvalue weighted by Gasteiger charge is -2.13. The van der Waals surface area contributed by atoms with Crippen molar-refractivity contribution in [3.63, 3.8) is 0 Å². The highest BCUT2D eigenvalue weighted by Gasteiger charge is 2.22. The zero-order valence-corrected chi connectivity index (χ0v) is 8.01. The number of hydrogen-bond donors (Lipinski definition) is 1. The van der Waals surface area contributed by atoms with Gasteiger partial charge in [-0.05, 0) is 6.08 Å². The molecule has 0 aliphatic carbocycles. The second kappa shape index (κ2) is 4.77. The molecule has 0 saturated carbocycles. The van der Waals surface area contributed by atoms with E-state index in [0.717, 1.165) is 12.4 Å². The molecule has 72 valence electrons. The molecule has 1 N–H and O–H groups in total. The third kappa shape index (κ3) is 2.15. The topological polar surface area (TPSA) is 48.2 Å². The smallest absolute Gasteiger partial charge is 0.130 e. The van der Waals surface area contributed by atoms with Crippen LogP contribution in [0.25, 0.3) is 0 Å². The Balaban J connectivity index is 0.000000396. The van der Waals surface area contributed by atoms with Gasteiger partial charge in [0.1, 0.15) is 5.84 Å². The van der Waals surface area contributed by atoms with Crippen molar-refractivity contribution in [3.05, 3.63) is 12.3 Å². The van der Waals surface area contributed by atoms with Crippen LogP contribution in [0.3, 0.4) is 0 Å². The van der Waals surface area contributed by atoms with Gasteiger partial charge in [0.2, 0.25) is 0 Å². The minimum absolute atomic E-state index is 0.0270. The first-order valence-corrected chi connectivity index (χ1v) is 4.55. The summed E-state index contributed by atoms with van der Waals surface area (Å²) in [6.45, 7) is 4.86. The zero-order valence-electron chi connectivity index (χ0n) is 8.01. The average molecular weight is 181 g/mol. The molecule has 0 bridgehead atoms. The highest BCUT2D eigenvalue weighted by Crippen LogP contribution is 2.10. The molecule has 1 atom stereocenters. The third-order valence-corrected chi connectivity index (χ3v) is 1.74. The molecule has 13 heavy (non-hydrogen) atoms. The Hall–Kier alpha value is -1.16. The standard InChI is InChI=1S/C7H9N3O.C2H6/c11-4-6-3-10-5-8-2-1-7(10)9-6;1-2/h1-2,5-6,11H,3-4H2;1-2H3. The summed E-state index contributed by atoms with van der Waals surface area (Å²) < 4.78 is 0. The van der Waals surface area contributed by atoms with E-state index in [4.69, 9.17) is 5.11 Å². The average Bonchev–Trinajstić information content (AvgIpc) is 2.63. The lowest BCUT2D eigenvalue weighted by molar-refractivity contribution is 0.265. The molecule has 2 aliphatic heterocycles. The van der Waals surface area contributed by atoms with E-state index in [-0.39, 0.29) is 12.6 Å². The molecule has 2 rings (SSSR count). The van der Waals surface area contributed by atoms with Crippen molar-refractivity contribution in [1.82, 2.24) is 4.90 Å². The first-order valence-electron chi connectivity index (χ1n) is 4.55. The first kappa shape index (κ1) is 9.92. The van der Waals surface area contributed by atoms with Gasteiger partial charge in [-0.2, -0.15) is 0 Å². The molecule has 4 nitrogen and oxygen atoms in total. The lowest BCUT2D eigenvalue weighted by atomic mass is 10.3. The number of rotatable bonds is 1. The maximum atomic E-state index is 8.81. The van der Waals surface area contributed by atoms with Gasteiger partial charge in [0.25, 0.3) is 0 Å². The molecule has 2 aliphatic rings. The number of aliphatic hydroxyl groups is 1. The van der Waals surface area contributed by atoms with E-state index < -0.39 is 0 Å². The molecule has 0 saturated heterocycles. The van der Waals surface area contributed by atoms with Crippen molar-refractivity contribution in [2.45, 2.75) is 19.9 Å². The number of fused-ring (bicyclic) bond motifs is 1. The van der Waals surface area contributed by atoms with E-state index >= 15 is 0 Å². The van der Waals surface area contributed by atoms with E-state index in [0.29, 0.717) is 0 Å². The first-order chi connectivity index (χ1) is 6.40. The van der Waals surface area contributed by atoms with Crippen LogP contribution in [0.5, 0.6) is 0 Å². The van der Waals surface area contributed by atoms with Crippen LogP contribution in [0.4, 0.5) is 0 Å². The molecule has 0 spiro atoms. The normalized spacial score (nSPS) is 23.5. The zero-order chi connectivity index (χ0) is 9.68. The lowest BCUT2D eigenvalue weighted by Crippen LogP contribution is -2.28. The third-order valence-electron chi connectivity index (χ3n) is 1.74. The van der Waals surface area contributed by atoms with Gasteiger partial charge < -0.3 is 10.0 Å². The van der Waals surface area contributed by atoms with Gasteiger partial charge in [0.15, 0.2) is 0 Å². The van der Waals surface area contributed by atoms with Crippen molar-refractivity contribution in [3.8, 4) is 0 Å². The number of hydrogen-bond acceptors (Lipinski definition) is 4. The molecule has 0 aromatic rings. The van der Waals surface area contributed by atoms with Gasteiger partial charge in [0, 0.05) is 6.20 Å². The summed E-state index contributed by atoms with van der Waals surface area (Å²) in [6.07, 6.45) is 5.28. The van der Waals surface area contributed by atoms with Crippen LogP contribution in [-0.2, 0) is 0 Å². The van der Waals surface area contributed by atoms with E-state index in [2.05, 4.69) is 9.98 Å². The highest BCUT2D eigenvalue weighted by molar-refractivity contribution is 6.02. The minimum atomic E-state index is 0.0270. The number of aliphatic imine (C=N–C) groups is 2. The van der Waals surface area contributed by atoms with Crippen molar-refractivity contribution in [2.75, 3.05) is 13.2 Å². The van der Waals surface area contributed by atoms with Crippen LogP contribution in [0, 0.1) is 0 Å². The van der Waals surface area contributed by atoms with Crippen molar-refractivity contribution in [2.24, 2.45) is 9.98 Å². The molecule has 1 unspecified atom stereocenters. The molecule has 0 radical (unpaired) electrons. The molecular formula is C9H15N3O. The largest absolute Gasteiger partial charge is 0.394 e. The van der Waals surface area contributed by atoms with Gasteiger partial charge in [-0.25, -0.2) is 4.99 Å². The maximum Gasteiger partial charge on any atom is 0.130 e. The summed E-state index contributed by atoms with van der Waals surface area (Å²) in [4.78, 5) is 10.1. The van der Waals surface area contributed by atoms with Crippen molar-refractivity contribution < 1.29 is 5.11 Å². The second-order valence-corrected chi connectivity index (χ2v) is 2.56. The Morgan fingerprint density at radius 2 is 2.38 bits per heavy atom. The fourth-order valence-corrected chi connectivity index (χ4v) is 1.19. The van der Waals surface area contributed by atoms with Crippen LogP contribution >= 0.6 is 0 Å². The SMILES string of the molecule is CC.OCC1CN2C=NC=CC2=N1. The van der Waals surface area contributed by atoms with Crippen molar-refractivity contribution >= 4 is 12.2 Å². The predicted molar refractivity (Wildman–Crippen MR) is 54.0 cm³/mol. The maximum absolute atomic E-state index is 8.81. The number of aliphatic hydroxyl groups excluding tert-OH is 1. The van der Waals surface area contributed by atoms with Gasteiger partial charge >= 0.3 is 0 Å². The van der Waals surface area contributed by atoms with Crippen LogP contribution in [0.2, 0.25) is 0 Å². The van der Waals surface area contributed by atoms with E-state index in [1.54, 1.807) is 12.5 Å². The summed E-state index contributed by atoms with van der Waals surface area (Å²) in [5, 5.41) is 8.81. The summed E-state index contributed by atoms with van der Waals surface area (Å²) >= 11 is 0. The van der Waals surface area contributed by atoms with Gasteiger partial charge in [-0.1, -0.05) is 13.8 Å². The molecule has 0 fully saturated rings. The monoisotopic (exact) mass is 181 g/mol. The van der Waals surface area contributed by atoms with Gasteiger partial charge in [0.05, 0.1) is 25.5 Å². The fourth-order valence-electron chi connectivity index (χ4n) is 1.19. The predicted octanol–water partition coefficient (Wildman–Crippen LogP) is 0.643. The quantitative estimate of drug-likeness (QED) is 0.645. The summed E-state index contributed by atoms with van der Waals surface area (Å²) in [7, 11) is 0. The molecule has 4 heteroatoms. The number of nitrogens with zero attached hydrogens (tertiary/aromatic N) is 3. The van der Waals surface area contributed by atoms with Crippen LogP contribution in [0.15, 0.2) is 22.3 Å². The summed E-state index contributed by atoms with van der Waals surface area (Å²) in [6, 6.07) is 0.0270. The Morgan fingerprint density at radius 3 is 3.00 bits per heavy atom. The Kier molecular flexibility index (Phi) is 3.64. The molecule has 0 aromatic carbocycles. The van der Waals surface area contributed by atoms with E-state index in [1.165, 1.54) is 0 Å². The molecule has 2 heterocycles. The summed E-state index contributed by atoms with van der Waals surface area (Å²) in [5.74, 6) is 0.902. The summed E-state index contributed by atoms with van der Waals surface area (Å²) in [5.41, 5.74) is 0. The minimum Gasteiger partial charge on any atom is -0.394 e. The highest BCUT2D eigenvalue weighted by atomic mass is 16.3. The van der Waals surface area contributed by atoms with Crippen LogP contribution in [0.1, 0.15) is 13.8 Å². The Labute approximate surface area is 78.3 Å². The van der Waals surface area contributed by atoms with Crippen LogP contribution < -0.4 is 0 Å². The fraction of sp³-hybridized carbons (Fsp3) is 0.556. The van der Waals surface area contributed by atoms with E-state index in [1.807, 2.05) is 24.8 Å². The van der Waals surface area contributed by atoms with Crippen molar-refractivity contribution in [1.29, 1.82) is 0 Å². The Bertz CT molecular complexity index is 245. The second-order valence-electron chi connectivity index (χ2n) is 2.56. The van der Waals surface area contributed by atoms with Gasteiger partial charge in [-0.3, -0.25) is 4.99 Å². The van der Waals surface area contributed by atoms with Gasteiger partial charge in [-0.15, -0.1) is 0 Å². The van der Waals surface area contributed by atoms with E-state index in [9.17, 15) is 0 Å². The molecule has 0 aromatic heterocycles. The molecule has 0 amide bonds. The Morgan fingerprint density at radius 1 is 1.62 bits per heavy atom. The number of amidine groups is 1.